The SMILES string of the molecule is Cc1cc(Cl)c(C(=O)N(C)Cc2ccccn2)cn1. The second-order valence-electron chi connectivity index (χ2n) is 4.29. The van der Waals surface area contributed by atoms with Gasteiger partial charge in [0.15, 0.2) is 0 Å². The van der Waals surface area contributed by atoms with Gasteiger partial charge in [-0.2, -0.15) is 0 Å². The Labute approximate surface area is 117 Å². The smallest absolute Gasteiger partial charge is 0.257 e. The number of nitrogens with zero attached hydrogens (tertiary/aromatic N) is 3. The molecule has 0 saturated carbocycles. The number of rotatable bonds is 3. The van der Waals surface area contributed by atoms with Gasteiger partial charge < -0.3 is 4.90 Å². The molecule has 0 spiro atoms. The first-order valence-electron chi connectivity index (χ1n) is 5.85. The first kappa shape index (κ1) is 13.5. The van der Waals surface area contributed by atoms with Crippen molar-refractivity contribution in [2.75, 3.05) is 7.05 Å². The number of carbonyl (C=O) groups excluding carboxylic acids is 1. The minimum Gasteiger partial charge on any atom is -0.336 e. The molecule has 0 aliphatic heterocycles. The van der Waals surface area contributed by atoms with Gasteiger partial charge in [0.1, 0.15) is 0 Å². The molecule has 0 N–H and O–H groups in total. The lowest BCUT2D eigenvalue weighted by molar-refractivity contribution is 0.0783. The first-order valence-corrected chi connectivity index (χ1v) is 6.23. The Balaban J connectivity index is 2.15. The van der Waals surface area contributed by atoms with Crippen LogP contribution in [0.4, 0.5) is 0 Å². The summed E-state index contributed by atoms with van der Waals surface area (Å²) >= 11 is 6.07. The van der Waals surface area contributed by atoms with Crippen LogP contribution in [0.1, 0.15) is 21.7 Å². The lowest BCUT2D eigenvalue weighted by Crippen LogP contribution is -2.27. The van der Waals surface area contributed by atoms with E-state index in [9.17, 15) is 4.79 Å². The van der Waals surface area contributed by atoms with Crippen LogP contribution in [0, 0.1) is 6.92 Å². The predicted octanol–water partition coefficient (Wildman–Crippen LogP) is 2.71. The van der Waals surface area contributed by atoms with E-state index >= 15 is 0 Å². The van der Waals surface area contributed by atoms with Crippen molar-refractivity contribution in [2.24, 2.45) is 0 Å². The molecule has 0 bridgehead atoms. The number of hydrogen-bond acceptors (Lipinski definition) is 3. The fourth-order valence-corrected chi connectivity index (χ4v) is 1.98. The van der Waals surface area contributed by atoms with E-state index in [0.717, 1.165) is 11.4 Å². The molecule has 4 nitrogen and oxygen atoms in total. The van der Waals surface area contributed by atoms with E-state index in [2.05, 4.69) is 9.97 Å². The maximum Gasteiger partial charge on any atom is 0.257 e. The summed E-state index contributed by atoms with van der Waals surface area (Å²) in [5, 5.41) is 0.422. The molecule has 2 heterocycles. The van der Waals surface area contributed by atoms with Gasteiger partial charge in [-0.05, 0) is 25.1 Å². The van der Waals surface area contributed by atoms with Crippen LogP contribution in [0.2, 0.25) is 5.02 Å². The number of pyridine rings is 2. The zero-order valence-corrected chi connectivity index (χ0v) is 11.6. The quantitative estimate of drug-likeness (QED) is 0.865. The van der Waals surface area contributed by atoms with Crippen LogP contribution in [0.15, 0.2) is 36.7 Å². The van der Waals surface area contributed by atoms with Crippen molar-refractivity contribution in [2.45, 2.75) is 13.5 Å². The summed E-state index contributed by atoms with van der Waals surface area (Å²) in [5.74, 6) is -0.164. The number of hydrogen-bond donors (Lipinski definition) is 0. The molecule has 0 fully saturated rings. The molecule has 0 aliphatic carbocycles. The Bertz CT molecular complexity index is 586. The molecule has 5 heteroatoms. The van der Waals surface area contributed by atoms with Gasteiger partial charge >= 0.3 is 0 Å². The van der Waals surface area contributed by atoms with Crippen LogP contribution in [0.25, 0.3) is 0 Å². The van der Waals surface area contributed by atoms with Crippen molar-refractivity contribution in [3.63, 3.8) is 0 Å². The fourth-order valence-electron chi connectivity index (χ4n) is 1.70. The van der Waals surface area contributed by atoms with Gasteiger partial charge in [-0.15, -0.1) is 0 Å². The summed E-state index contributed by atoms with van der Waals surface area (Å²) in [6, 6.07) is 7.29. The highest BCUT2D eigenvalue weighted by atomic mass is 35.5. The lowest BCUT2D eigenvalue weighted by atomic mass is 10.2. The highest BCUT2D eigenvalue weighted by Crippen LogP contribution is 2.17. The minimum atomic E-state index is -0.164. The number of carbonyl (C=O) groups is 1. The fraction of sp³-hybridized carbons (Fsp3) is 0.214. The number of amides is 1. The van der Waals surface area contributed by atoms with Crippen molar-refractivity contribution in [1.82, 2.24) is 14.9 Å². The predicted molar refractivity (Wildman–Crippen MR) is 74.0 cm³/mol. The average Bonchev–Trinajstić information content (AvgIpc) is 2.39. The monoisotopic (exact) mass is 275 g/mol. The summed E-state index contributed by atoms with van der Waals surface area (Å²) in [6.45, 7) is 2.27. The highest BCUT2D eigenvalue weighted by molar-refractivity contribution is 6.33. The molecule has 98 valence electrons. The largest absolute Gasteiger partial charge is 0.336 e. The van der Waals surface area contributed by atoms with Crippen LogP contribution in [-0.2, 0) is 6.54 Å². The van der Waals surface area contributed by atoms with E-state index in [4.69, 9.17) is 11.6 Å². The van der Waals surface area contributed by atoms with E-state index in [1.165, 1.54) is 6.20 Å². The molecule has 19 heavy (non-hydrogen) atoms. The summed E-state index contributed by atoms with van der Waals surface area (Å²) in [5.41, 5.74) is 2.02. The van der Waals surface area contributed by atoms with Gasteiger partial charge in [-0.25, -0.2) is 0 Å². The Morgan fingerprint density at radius 3 is 2.79 bits per heavy atom. The summed E-state index contributed by atoms with van der Waals surface area (Å²) in [4.78, 5) is 22.1. The molecular formula is C14H14ClN3O. The zero-order valence-electron chi connectivity index (χ0n) is 10.8. The molecule has 1 amide bonds. The van der Waals surface area contributed by atoms with E-state index in [-0.39, 0.29) is 5.91 Å². The molecule has 0 aliphatic rings. The Hall–Kier alpha value is -1.94. The summed E-state index contributed by atoms with van der Waals surface area (Å²) < 4.78 is 0. The molecular weight excluding hydrogens is 262 g/mol. The van der Waals surface area contributed by atoms with E-state index < -0.39 is 0 Å². The van der Waals surface area contributed by atoms with Gasteiger partial charge in [-0.1, -0.05) is 17.7 Å². The standard InChI is InChI=1S/C14H14ClN3O/c1-10-7-13(15)12(8-17-10)14(19)18(2)9-11-5-3-4-6-16-11/h3-8H,9H2,1-2H3. The van der Waals surface area contributed by atoms with Gasteiger partial charge in [0.25, 0.3) is 5.91 Å². The van der Waals surface area contributed by atoms with Crippen LogP contribution < -0.4 is 0 Å². The van der Waals surface area contributed by atoms with Crippen LogP contribution in [0.5, 0.6) is 0 Å². The summed E-state index contributed by atoms with van der Waals surface area (Å²) in [7, 11) is 1.72. The Morgan fingerprint density at radius 2 is 2.16 bits per heavy atom. The Morgan fingerprint density at radius 1 is 1.37 bits per heavy atom. The van der Waals surface area contributed by atoms with Crippen LogP contribution in [-0.4, -0.2) is 27.8 Å². The lowest BCUT2D eigenvalue weighted by Gasteiger charge is -2.17. The zero-order chi connectivity index (χ0) is 13.8. The van der Waals surface area contributed by atoms with Crippen molar-refractivity contribution in [3.8, 4) is 0 Å². The van der Waals surface area contributed by atoms with Crippen molar-refractivity contribution >= 4 is 17.5 Å². The van der Waals surface area contributed by atoms with Gasteiger partial charge in [-0.3, -0.25) is 14.8 Å². The molecule has 0 saturated heterocycles. The Kier molecular flexibility index (Phi) is 4.12. The van der Waals surface area contributed by atoms with Crippen molar-refractivity contribution in [3.05, 3.63) is 58.6 Å². The molecule has 2 rings (SSSR count). The van der Waals surface area contributed by atoms with Gasteiger partial charge in [0.2, 0.25) is 0 Å². The van der Waals surface area contributed by atoms with Crippen molar-refractivity contribution < 1.29 is 4.79 Å². The maximum atomic E-state index is 12.3. The highest BCUT2D eigenvalue weighted by Gasteiger charge is 2.16. The first-order chi connectivity index (χ1) is 9.08. The third-order valence-corrected chi connectivity index (χ3v) is 3.01. The van der Waals surface area contributed by atoms with Crippen molar-refractivity contribution in [1.29, 1.82) is 0 Å². The van der Waals surface area contributed by atoms with Crippen LogP contribution >= 0.6 is 11.6 Å². The topological polar surface area (TPSA) is 46.1 Å². The molecule has 2 aromatic rings. The molecule has 2 aromatic heterocycles. The second kappa shape index (κ2) is 5.80. The summed E-state index contributed by atoms with van der Waals surface area (Å²) in [6.07, 6.45) is 3.21. The molecule has 0 radical (unpaired) electrons. The molecule has 0 atom stereocenters. The number of aromatic nitrogens is 2. The van der Waals surface area contributed by atoms with E-state index in [0.29, 0.717) is 17.1 Å². The second-order valence-corrected chi connectivity index (χ2v) is 4.70. The third kappa shape index (κ3) is 3.29. The van der Waals surface area contributed by atoms with Gasteiger partial charge in [0.05, 0.1) is 22.8 Å². The number of aryl methyl sites for hydroxylation is 1. The van der Waals surface area contributed by atoms with E-state index in [1.54, 1.807) is 24.2 Å². The van der Waals surface area contributed by atoms with E-state index in [1.807, 2.05) is 25.1 Å². The van der Waals surface area contributed by atoms with Crippen LogP contribution in [0.3, 0.4) is 0 Å². The normalized spacial score (nSPS) is 10.3. The molecule has 0 aromatic carbocycles. The minimum absolute atomic E-state index is 0.164. The molecule has 0 unspecified atom stereocenters. The average molecular weight is 276 g/mol. The van der Waals surface area contributed by atoms with Gasteiger partial charge in [0, 0.05) is 25.1 Å². The maximum absolute atomic E-state index is 12.3. The number of halogens is 1. The third-order valence-electron chi connectivity index (χ3n) is 2.69.